The van der Waals surface area contributed by atoms with Gasteiger partial charge < -0.3 is 24.4 Å². The summed E-state index contributed by atoms with van der Waals surface area (Å²) in [6.07, 6.45) is -4.17. The first-order valence-electron chi connectivity index (χ1n) is 7.24. The molecule has 5 atom stereocenters. The summed E-state index contributed by atoms with van der Waals surface area (Å²) < 4.78 is 23.4. The number of nitrogens with one attached hydrogen (secondary N) is 1. The Morgan fingerprint density at radius 1 is 1.33 bits per heavy atom. The minimum Gasteiger partial charge on any atom is -0.387 e. The van der Waals surface area contributed by atoms with Gasteiger partial charge in [-0.05, 0) is 20.8 Å². The Bertz CT molecular complexity index is 751. The van der Waals surface area contributed by atoms with Crippen LogP contribution in [0.5, 0.6) is 0 Å². The van der Waals surface area contributed by atoms with Gasteiger partial charge in [-0.15, -0.1) is 0 Å². The Morgan fingerprint density at radius 2 is 1.96 bits per heavy atom. The lowest BCUT2D eigenvalue weighted by molar-refractivity contribution is -0.0529. The summed E-state index contributed by atoms with van der Waals surface area (Å²) in [5.41, 5.74) is -1.43. The molecular weight excluding hydrogens is 343 g/mol. The molecule has 1 aromatic heterocycles. The molecule has 10 nitrogen and oxygen atoms in total. The van der Waals surface area contributed by atoms with Crippen LogP contribution in [0.3, 0.4) is 0 Å². The highest BCUT2D eigenvalue weighted by atomic mass is 31.2. The summed E-state index contributed by atoms with van der Waals surface area (Å²) in [6, 6.07) is 1.06. The van der Waals surface area contributed by atoms with Crippen molar-refractivity contribution < 1.29 is 28.9 Å². The van der Waals surface area contributed by atoms with E-state index in [-0.39, 0.29) is 0 Å². The summed E-state index contributed by atoms with van der Waals surface area (Å²) in [5, 5.41) is 19.0. The van der Waals surface area contributed by atoms with Crippen molar-refractivity contribution in [2.24, 2.45) is 0 Å². The van der Waals surface area contributed by atoms with Crippen molar-refractivity contribution in [1.82, 2.24) is 9.55 Å². The highest BCUT2D eigenvalue weighted by molar-refractivity contribution is 7.54. The zero-order valence-electron chi connectivity index (χ0n) is 13.4. The molecule has 0 saturated carbocycles. The Labute approximate surface area is 137 Å². The second-order valence-corrected chi connectivity index (χ2v) is 9.19. The molecule has 1 saturated heterocycles. The first kappa shape index (κ1) is 19.0. The third kappa shape index (κ3) is 3.69. The molecule has 0 bridgehead atoms. The van der Waals surface area contributed by atoms with Gasteiger partial charge in [-0.2, -0.15) is 0 Å². The van der Waals surface area contributed by atoms with E-state index in [0.717, 1.165) is 16.8 Å². The summed E-state index contributed by atoms with van der Waals surface area (Å²) in [7, 11) is -3.97. The minimum atomic E-state index is -3.97. The zero-order valence-corrected chi connectivity index (χ0v) is 14.3. The van der Waals surface area contributed by atoms with E-state index < -0.39 is 55.1 Å². The van der Waals surface area contributed by atoms with E-state index in [0.29, 0.717) is 0 Å². The summed E-state index contributed by atoms with van der Waals surface area (Å²) >= 11 is 0. The molecule has 2 rings (SSSR count). The van der Waals surface area contributed by atoms with Gasteiger partial charge in [0.15, 0.2) is 6.23 Å². The van der Waals surface area contributed by atoms with Crippen LogP contribution >= 0.6 is 7.60 Å². The van der Waals surface area contributed by atoms with Crippen LogP contribution in [0.15, 0.2) is 21.9 Å². The standard InChI is InChI=1S/C13H21N2O8P/c1-13(2,3)24(20,21)22-6-7-9(17)10(18)11(23-7)15-5-4-8(16)14-12(15)19/h4-5,7,9-11,17-18H,6H2,1-3H3,(H,20,21)(H,14,16,19)/t7-,9+,10?,11-/m1/s1. The molecule has 0 radical (unpaired) electrons. The van der Waals surface area contributed by atoms with Crippen LogP contribution < -0.4 is 11.2 Å². The van der Waals surface area contributed by atoms with Gasteiger partial charge in [0, 0.05) is 12.3 Å². The second-order valence-electron chi connectivity index (χ2n) is 6.55. The maximum absolute atomic E-state index is 12.1. The number of aliphatic hydroxyl groups is 2. The molecule has 0 amide bonds. The second kappa shape index (κ2) is 6.55. The third-order valence-corrected chi connectivity index (χ3v) is 5.92. The van der Waals surface area contributed by atoms with E-state index in [4.69, 9.17) is 9.26 Å². The van der Waals surface area contributed by atoms with Gasteiger partial charge in [-0.1, -0.05) is 0 Å². The minimum absolute atomic E-state index is 0.447. The Kier molecular flexibility index (Phi) is 5.19. The SMILES string of the molecule is CC(C)(C)P(=O)(O)OC[C@H]1O[C@@H](n2ccc(=O)[nH]c2=O)C(O)[C@H]1O. The van der Waals surface area contributed by atoms with Gasteiger partial charge in [0.25, 0.3) is 5.56 Å². The molecule has 1 aliphatic heterocycles. The normalized spacial score (nSPS) is 30.2. The molecule has 1 aromatic rings. The van der Waals surface area contributed by atoms with Gasteiger partial charge in [0.05, 0.1) is 11.8 Å². The highest BCUT2D eigenvalue weighted by Gasteiger charge is 2.46. The number of H-pyrrole nitrogens is 1. The van der Waals surface area contributed by atoms with Crippen LogP contribution in [0.25, 0.3) is 0 Å². The van der Waals surface area contributed by atoms with Crippen molar-refractivity contribution in [3.8, 4) is 0 Å². The predicted octanol–water partition coefficient (Wildman–Crippen LogP) is -0.844. The van der Waals surface area contributed by atoms with E-state index in [1.807, 2.05) is 4.98 Å². The Hall–Kier alpha value is -1.29. The van der Waals surface area contributed by atoms with Gasteiger partial charge in [-0.25, -0.2) is 4.79 Å². The van der Waals surface area contributed by atoms with Crippen molar-refractivity contribution in [3.05, 3.63) is 33.1 Å². The lowest BCUT2D eigenvalue weighted by Gasteiger charge is -2.26. The molecule has 11 heteroatoms. The first-order chi connectivity index (χ1) is 10.9. The predicted molar refractivity (Wildman–Crippen MR) is 82.8 cm³/mol. The molecule has 1 fully saturated rings. The molecule has 0 spiro atoms. The molecule has 4 N–H and O–H groups in total. The van der Waals surface area contributed by atoms with E-state index in [9.17, 15) is 29.3 Å². The molecule has 0 aliphatic carbocycles. The van der Waals surface area contributed by atoms with Crippen molar-refractivity contribution >= 4 is 7.60 Å². The fourth-order valence-corrected chi connectivity index (χ4v) is 2.83. The van der Waals surface area contributed by atoms with E-state index in [1.165, 1.54) is 20.8 Å². The van der Waals surface area contributed by atoms with Gasteiger partial charge in [0.2, 0.25) is 0 Å². The summed E-state index contributed by atoms with van der Waals surface area (Å²) in [6.45, 7) is 4.13. The number of aromatic amines is 1. The van der Waals surface area contributed by atoms with Crippen LogP contribution in [0.2, 0.25) is 0 Å². The highest BCUT2D eigenvalue weighted by Crippen LogP contribution is 2.55. The molecular formula is C13H21N2O8P. The van der Waals surface area contributed by atoms with Gasteiger partial charge >= 0.3 is 13.3 Å². The monoisotopic (exact) mass is 364 g/mol. The van der Waals surface area contributed by atoms with Crippen molar-refractivity contribution in [3.63, 3.8) is 0 Å². The number of hydrogen-bond acceptors (Lipinski definition) is 7. The summed E-state index contributed by atoms with van der Waals surface area (Å²) in [5.74, 6) is 0. The van der Waals surface area contributed by atoms with Crippen LogP contribution in [0.4, 0.5) is 0 Å². The van der Waals surface area contributed by atoms with Gasteiger partial charge in [-0.3, -0.25) is 18.9 Å². The fraction of sp³-hybridized carbons (Fsp3) is 0.692. The molecule has 1 aliphatic rings. The van der Waals surface area contributed by atoms with E-state index in [1.54, 1.807) is 0 Å². The lowest BCUT2D eigenvalue weighted by Crippen LogP contribution is -2.37. The summed E-state index contributed by atoms with van der Waals surface area (Å²) in [4.78, 5) is 34.7. The Balaban J connectivity index is 2.14. The van der Waals surface area contributed by atoms with Crippen LogP contribution in [-0.4, -0.2) is 54.7 Å². The van der Waals surface area contributed by atoms with Crippen molar-refractivity contribution in [2.45, 2.75) is 50.5 Å². The number of rotatable bonds is 4. The molecule has 24 heavy (non-hydrogen) atoms. The maximum Gasteiger partial charge on any atom is 0.333 e. The van der Waals surface area contributed by atoms with E-state index >= 15 is 0 Å². The quantitative estimate of drug-likeness (QED) is 0.505. The number of nitrogens with zero attached hydrogens (tertiary/aromatic N) is 1. The zero-order chi connectivity index (χ0) is 18.3. The third-order valence-electron chi connectivity index (χ3n) is 3.72. The largest absolute Gasteiger partial charge is 0.387 e. The van der Waals surface area contributed by atoms with Crippen LogP contribution in [0, 0.1) is 0 Å². The molecule has 2 heterocycles. The molecule has 0 aromatic carbocycles. The maximum atomic E-state index is 12.1. The average Bonchev–Trinajstić information content (AvgIpc) is 2.72. The smallest absolute Gasteiger partial charge is 0.333 e. The number of hydrogen-bond donors (Lipinski definition) is 4. The van der Waals surface area contributed by atoms with Crippen LogP contribution in [0.1, 0.15) is 27.0 Å². The lowest BCUT2D eigenvalue weighted by atomic mass is 10.1. The molecule has 136 valence electrons. The number of aromatic nitrogens is 2. The topological polar surface area (TPSA) is 151 Å². The first-order valence-corrected chi connectivity index (χ1v) is 8.82. The fourth-order valence-electron chi connectivity index (χ4n) is 2.09. The average molecular weight is 364 g/mol. The van der Waals surface area contributed by atoms with Crippen LogP contribution in [-0.2, 0) is 13.8 Å². The molecule has 2 unspecified atom stereocenters. The van der Waals surface area contributed by atoms with Crippen molar-refractivity contribution in [2.75, 3.05) is 6.61 Å². The Morgan fingerprint density at radius 3 is 2.50 bits per heavy atom. The van der Waals surface area contributed by atoms with Crippen molar-refractivity contribution in [1.29, 1.82) is 0 Å². The van der Waals surface area contributed by atoms with E-state index in [2.05, 4.69) is 0 Å². The van der Waals surface area contributed by atoms with Gasteiger partial charge in [0.1, 0.15) is 18.3 Å². The number of aliphatic hydroxyl groups excluding tert-OH is 2. The number of ether oxygens (including phenoxy) is 1.